The Balaban J connectivity index is 1.92. The molecule has 0 atom stereocenters. The summed E-state index contributed by atoms with van der Waals surface area (Å²) < 4.78 is 32.1. The van der Waals surface area contributed by atoms with Crippen LogP contribution in [-0.2, 0) is 13.1 Å². The van der Waals surface area contributed by atoms with E-state index in [-0.39, 0.29) is 23.7 Å². The van der Waals surface area contributed by atoms with Crippen molar-refractivity contribution in [3.8, 4) is 0 Å². The summed E-state index contributed by atoms with van der Waals surface area (Å²) >= 11 is 5.95. The molecule has 0 saturated heterocycles. The van der Waals surface area contributed by atoms with Crippen molar-refractivity contribution in [2.75, 3.05) is 0 Å². The number of benzene rings is 2. The SMILES string of the molecule is O=C(c1cc(F)c(F)cc1Cl)N(Cc1ccccc1)Cc1ccco1. The fourth-order valence-electron chi connectivity index (χ4n) is 2.45. The van der Waals surface area contributed by atoms with Gasteiger partial charge in [-0.25, -0.2) is 8.78 Å². The lowest BCUT2D eigenvalue weighted by Gasteiger charge is -2.22. The maximum atomic E-state index is 13.6. The van der Waals surface area contributed by atoms with E-state index in [1.165, 1.54) is 11.2 Å². The predicted molar refractivity (Wildman–Crippen MR) is 90.1 cm³/mol. The molecule has 3 aromatic rings. The summed E-state index contributed by atoms with van der Waals surface area (Å²) in [4.78, 5) is 14.3. The fourth-order valence-corrected chi connectivity index (χ4v) is 2.68. The molecule has 0 aliphatic carbocycles. The first-order valence-corrected chi connectivity index (χ1v) is 7.92. The zero-order valence-electron chi connectivity index (χ0n) is 13.1. The van der Waals surface area contributed by atoms with E-state index in [1.807, 2.05) is 30.3 Å². The van der Waals surface area contributed by atoms with Gasteiger partial charge in [0.25, 0.3) is 5.91 Å². The van der Waals surface area contributed by atoms with Gasteiger partial charge in [-0.15, -0.1) is 0 Å². The molecule has 0 unspecified atom stereocenters. The van der Waals surface area contributed by atoms with Gasteiger partial charge in [0.05, 0.1) is 23.4 Å². The van der Waals surface area contributed by atoms with E-state index in [0.717, 1.165) is 17.7 Å². The second-order valence-corrected chi connectivity index (χ2v) is 5.88. The van der Waals surface area contributed by atoms with Crippen LogP contribution in [0.2, 0.25) is 5.02 Å². The first-order valence-electron chi connectivity index (χ1n) is 7.54. The van der Waals surface area contributed by atoms with Crippen LogP contribution < -0.4 is 0 Å². The minimum absolute atomic E-state index is 0.0944. The quantitative estimate of drug-likeness (QED) is 0.595. The average molecular weight is 362 g/mol. The van der Waals surface area contributed by atoms with E-state index >= 15 is 0 Å². The molecule has 1 aromatic heterocycles. The first-order chi connectivity index (χ1) is 12.0. The number of amides is 1. The van der Waals surface area contributed by atoms with Crippen molar-refractivity contribution in [1.29, 1.82) is 0 Å². The summed E-state index contributed by atoms with van der Waals surface area (Å²) in [6, 6.07) is 14.4. The van der Waals surface area contributed by atoms with Crippen LogP contribution >= 0.6 is 11.6 Å². The maximum absolute atomic E-state index is 13.6. The van der Waals surface area contributed by atoms with Crippen molar-refractivity contribution in [1.82, 2.24) is 4.90 Å². The number of nitrogens with zero attached hydrogens (tertiary/aromatic N) is 1. The van der Waals surface area contributed by atoms with E-state index in [0.29, 0.717) is 5.76 Å². The largest absolute Gasteiger partial charge is 0.467 e. The predicted octanol–water partition coefficient (Wildman–Crippen LogP) is 5.05. The van der Waals surface area contributed by atoms with E-state index in [4.69, 9.17) is 16.0 Å². The summed E-state index contributed by atoms with van der Waals surface area (Å²) in [5, 5.41) is -0.138. The molecule has 6 heteroatoms. The lowest BCUT2D eigenvalue weighted by molar-refractivity contribution is 0.0717. The number of hydrogen-bond donors (Lipinski definition) is 0. The van der Waals surface area contributed by atoms with Gasteiger partial charge in [0.2, 0.25) is 0 Å². The Kier molecular flexibility index (Phi) is 5.14. The van der Waals surface area contributed by atoms with Gasteiger partial charge in [-0.1, -0.05) is 41.9 Å². The van der Waals surface area contributed by atoms with Gasteiger partial charge < -0.3 is 9.32 Å². The molecule has 0 fully saturated rings. The molecule has 1 heterocycles. The zero-order valence-corrected chi connectivity index (χ0v) is 13.8. The maximum Gasteiger partial charge on any atom is 0.256 e. The number of rotatable bonds is 5. The molecule has 2 aromatic carbocycles. The highest BCUT2D eigenvalue weighted by Gasteiger charge is 2.22. The van der Waals surface area contributed by atoms with Gasteiger partial charge in [0, 0.05) is 6.54 Å². The highest BCUT2D eigenvalue weighted by molar-refractivity contribution is 6.33. The number of halogens is 3. The molecule has 3 nitrogen and oxygen atoms in total. The van der Waals surface area contributed by atoms with Gasteiger partial charge >= 0.3 is 0 Å². The Morgan fingerprint density at radius 3 is 2.40 bits per heavy atom. The standard InChI is InChI=1S/C19H14ClF2NO2/c20-16-10-18(22)17(21)9-15(16)19(24)23(12-14-7-4-8-25-14)11-13-5-2-1-3-6-13/h1-10H,11-12H2. The Morgan fingerprint density at radius 1 is 1.00 bits per heavy atom. The minimum Gasteiger partial charge on any atom is -0.467 e. The lowest BCUT2D eigenvalue weighted by atomic mass is 10.1. The van der Waals surface area contributed by atoms with Crippen molar-refractivity contribution in [2.24, 2.45) is 0 Å². The summed E-state index contributed by atoms with van der Waals surface area (Å²) in [7, 11) is 0. The van der Waals surface area contributed by atoms with Crippen molar-refractivity contribution in [3.63, 3.8) is 0 Å². The van der Waals surface area contributed by atoms with Crippen LogP contribution in [-0.4, -0.2) is 10.8 Å². The van der Waals surface area contributed by atoms with Gasteiger partial charge in [-0.3, -0.25) is 4.79 Å². The molecule has 3 rings (SSSR count). The van der Waals surface area contributed by atoms with Gasteiger partial charge in [0.1, 0.15) is 5.76 Å². The van der Waals surface area contributed by atoms with E-state index < -0.39 is 17.5 Å². The van der Waals surface area contributed by atoms with Gasteiger partial charge in [-0.05, 0) is 29.8 Å². The van der Waals surface area contributed by atoms with Gasteiger partial charge in [-0.2, -0.15) is 0 Å². The fraction of sp³-hybridized carbons (Fsp3) is 0.105. The summed E-state index contributed by atoms with van der Waals surface area (Å²) in [6.45, 7) is 0.450. The molecular weight excluding hydrogens is 348 g/mol. The van der Waals surface area contributed by atoms with Crippen LogP contribution in [0, 0.1) is 11.6 Å². The van der Waals surface area contributed by atoms with Crippen molar-refractivity contribution < 1.29 is 18.0 Å². The highest BCUT2D eigenvalue weighted by atomic mass is 35.5. The Hall–Kier alpha value is -2.66. The molecule has 0 N–H and O–H groups in total. The van der Waals surface area contributed by atoms with Crippen LogP contribution in [0.1, 0.15) is 21.7 Å². The zero-order chi connectivity index (χ0) is 17.8. The Morgan fingerprint density at radius 2 is 1.72 bits per heavy atom. The number of carbonyl (C=O) groups is 1. The van der Waals surface area contributed by atoms with Crippen molar-refractivity contribution >= 4 is 17.5 Å². The number of furan rings is 1. The normalized spacial score (nSPS) is 10.7. The van der Waals surface area contributed by atoms with E-state index in [2.05, 4.69) is 0 Å². The van der Waals surface area contributed by atoms with Crippen LogP contribution in [0.3, 0.4) is 0 Å². The average Bonchev–Trinajstić information content (AvgIpc) is 3.11. The topological polar surface area (TPSA) is 33.5 Å². The van der Waals surface area contributed by atoms with E-state index in [9.17, 15) is 13.6 Å². The van der Waals surface area contributed by atoms with Crippen LogP contribution in [0.25, 0.3) is 0 Å². The molecular formula is C19H14ClF2NO2. The number of hydrogen-bond acceptors (Lipinski definition) is 2. The molecule has 0 saturated carbocycles. The molecule has 0 spiro atoms. The number of carbonyl (C=O) groups excluding carboxylic acids is 1. The van der Waals surface area contributed by atoms with E-state index in [1.54, 1.807) is 12.1 Å². The van der Waals surface area contributed by atoms with Crippen molar-refractivity contribution in [3.05, 3.63) is 94.4 Å². The molecule has 0 aliphatic rings. The first kappa shape index (κ1) is 17.2. The second kappa shape index (κ2) is 7.49. The molecule has 1 amide bonds. The van der Waals surface area contributed by atoms with Gasteiger partial charge in [0.15, 0.2) is 11.6 Å². The monoisotopic (exact) mass is 361 g/mol. The molecule has 0 radical (unpaired) electrons. The van der Waals surface area contributed by atoms with Crippen LogP contribution in [0.15, 0.2) is 65.3 Å². The molecule has 128 valence electrons. The third-order valence-corrected chi connectivity index (χ3v) is 3.98. The van der Waals surface area contributed by atoms with Crippen LogP contribution in [0.5, 0.6) is 0 Å². The minimum atomic E-state index is -1.12. The Bertz CT molecular complexity index is 867. The molecule has 0 bridgehead atoms. The Labute approximate surface area is 148 Å². The smallest absolute Gasteiger partial charge is 0.256 e. The van der Waals surface area contributed by atoms with Crippen LogP contribution in [0.4, 0.5) is 8.78 Å². The second-order valence-electron chi connectivity index (χ2n) is 5.47. The molecule has 0 aliphatic heterocycles. The van der Waals surface area contributed by atoms with Crippen molar-refractivity contribution in [2.45, 2.75) is 13.1 Å². The summed E-state index contributed by atoms with van der Waals surface area (Å²) in [6.07, 6.45) is 1.51. The highest BCUT2D eigenvalue weighted by Crippen LogP contribution is 2.23. The third-order valence-electron chi connectivity index (χ3n) is 3.67. The molecule has 25 heavy (non-hydrogen) atoms. The summed E-state index contributed by atoms with van der Waals surface area (Å²) in [5.74, 6) is -2.15. The lowest BCUT2D eigenvalue weighted by Crippen LogP contribution is -2.30. The summed E-state index contributed by atoms with van der Waals surface area (Å²) in [5.41, 5.74) is 0.796. The third kappa shape index (κ3) is 4.06.